The van der Waals surface area contributed by atoms with Gasteiger partial charge in [-0.05, 0) is 92.0 Å². The number of carbonyl (C=O) groups is 3. The molecule has 16 heteroatoms. The van der Waals surface area contributed by atoms with Gasteiger partial charge in [0.2, 0.25) is 5.91 Å². The number of hydrogen-bond donors (Lipinski definition) is 3. The number of hydrogen-bond acceptors (Lipinski definition) is 8. The van der Waals surface area contributed by atoms with Crippen molar-refractivity contribution < 1.29 is 37.1 Å². The van der Waals surface area contributed by atoms with E-state index in [2.05, 4.69) is 73.7 Å². The molecule has 3 amide bonds. The third kappa shape index (κ3) is 16.6. The van der Waals surface area contributed by atoms with Gasteiger partial charge in [-0.15, -0.1) is 0 Å². The van der Waals surface area contributed by atoms with Crippen LogP contribution in [0, 0.1) is 0 Å². The molecule has 2 aromatic rings. The largest absolute Gasteiger partial charge is 0.412 e. The van der Waals surface area contributed by atoms with E-state index in [1.807, 2.05) is 87.8 Å². The van der Waals surface area contributed by atoms with Gasteiger partial charge in [-0.3, -0.25) is 25.2 Å². The van der Waals surface area contributed by atoms with Gasteiger partial charge in [-0.25, -0.2) is 0 Å². The van der Waals surface area contributed by atoms with Gasteiger partial charge < -0.3 is 28.1 Å². The van der Waals surface area contributed by atoms with Gasteiger partial charge >= 0.3 is 0 Å². The van der Waals surface area contributed by atoms with Crippen LogP contribution >= 0.6 is 31.9 Å². The summed E-state index contributed by atoms with van der Waals surface area (Å²) < 4.78 is 33.0. The minimum absolute atomic E-state index is 0.0229. The fourth-order valence-corrected chi connectivity index (χ4v) is 9.73. The summed E-state index contributed by atoms with van der Waals surface area (Å²) in [7, 11) is -7.04. The minimum Gasteiger partial charge on any atom is -0.412 e. The Morgan fingerprint density at radius 1 is 0.727 bits per heavy atom. The molecule has 304 valence electrons. The number of amides is 3. The maximum Gasteiger partial charge on any atom is 0.270 e. The Bertz CT molecular complexity index is 1600. The fourth-order valence-electron chi connectivity index (χ4n) is 6.15. The van der Waals surface area contributed by atoms with Gasteiger partial charge in [-0.2, -0.15) is 0 Å². The van der Waals surface area contributed by atoms with Crippen LogP contribution in [0.25, 0.3) is 0 Å². The summed E-state index contributed by atoms with van der Waals surface area (Å²) in [6.45, 7) is 18.4. The fraction of sp³-hybridized carbons (Fsp3) is 0.513. The molecule has 0 bridgehead atoms. The highest BCUT2D eigenvalue weighted by molar-refractivity contribution is 9.11. The molecule has 1 aliphatic rings. The summed E-state index contributed by atoms with van der Waals surface area (Å²) in [5.74, 6) is -1.46. The van der Waals surface area contributed by atoms with Crippen molar-refractivity contribution in [2.75, 3.05) is 13.2 Å². The molecule has 0 unspecified atom stereocenters. The van der Waals surface area contributed by atoms with Crippen LogP contribution in [0.2, 0.25) is 58.9 Å². The second-order valence-corrected chi connectivity index (χ2v) is 30.7. The van der Waals surface area contributed by atoms with E-state index >= 15 is 0 Å². The van der Waals surface area contributed by atoms with Crippen LogP contribution in [0.1, 0.15) is 29.2 Å². The number of carbonyl (C=O) groups excluding carboxylic acids is 3. The van der Waals surface area contributed by atoms with Crippen LogP contribution in [0.15, 0.2) is 76.7 Å². The van der Waals surface area contributed by atoms with Crippen LogP contribution in [0.4, 0.5) is 0 Å². The number of benzene rings is 2. The Morgan fingerprint density at radius 2 is 1.25 bits per heavy atom. The number of hydrazine groups is 1. The standard InChI is InChI=1S/C39H59Br2N3O8Si3/c1-53(2,3)50-31-27-29-19-13-14-20-30(29)33(31)42-38(46)36(48-25-15-23-40)34(51-54(4,5)6)35(52-55(7,8)9)37(49-26-16-24-41)39(47)44-43-32(45)22-21-28-17-11-10-12-18-28/h10-20,23-24,31,33-37H,21-22,25-27H2,1-9H3,(H,42,46)(H,43,45)(H,44,47)/b23-15+,24-16+/t31-,33+,34-,35-,36-,37-/m1/s1. The highest BCUT2D eigenvalue weighted by Crippen LogP contribution is 2.35. The monoisotopic (exact) mass is 939 g/mol. The van der Waals surface area contributed by atoms with Gasteiger partial charge in [-0.1, -0.05) is 98.6 Å². The zero-order valence-electron chi connectivity index (χ0n) is 33.5. The van der Waals surface area contributed by atoms with Crippen molar-refractivity contribution >= 4 is 74.5 Å². The molecule has 1 aliphatic carbocycles. The average molecular weight is 942 g/mol. The van der Waals surface area contributed by atoms with Crippen LogP contribution in [0.5, 0.6) is 0 Å². The van der Waals surface area contributed by atoms with Gasteiger partial charge in [0.15, 0.2) is 37.2 Å². The maximum absolute atomic E-state index is 14.8. The third-order valence-electron chi connectivity index (χ3n) is 8.13. The topological polar surface area (TPSA) is 133 Å². The number of aryl methyl sites for hydroxylation is 1. The van der Waals surface area contributed by atoms with E-state index in [0.717, 1.165) is 16.7 Å². The Balaban J connectivity index is 2.05. The minimum atomic E-state index is -2.51. The Labute approximate surface area is 347 Å². The van der Waals surface area contributed by atoms with E-state index in [1.54, 1.807) is 22.1 Å². The summed E-state index contributed by atoms with van der Waals surface area (Å²) in [6, 6.07) is 17.2. The third-order valence-corrected chi connectivity index (χ3v) is 11.8. The number of halogens is 2. The molecular formula is C39H59Br2N3O8Si3. The molecular weight excluding hydrogens is 883 g/mol. The lowest BCUT2D eigenvalue weighted by Gasteiger charge is -2.42. The first-order chi connectivity index (χ1) is 25.8. The predicted octanol–water partition coefficient (Wildman–Crippen LogP) is 7.43. The molecule has 0 radical (unpaired) electrons. The van der Waals surface area contributed by atoms with Crippen LogP contribution in [0.3, 0.4) is 0 Å². The van der Waals surface area contributed by atoms with Crippen molar-refractivity contribution in [1.29, 1.82) is 0 Å². The lowest BCUT2D eigenvalue weighted by atomic mass is 10.0. The average Bonchev–Trinajstić information content (AvgIpc) is 3.42. The molecule has 0 saturated carbocycles. The summed E-state index contributed by atoms with van der Waals surface area (Å²) in [6.07, 6.45) is -0.344. The Morgan fingerprint density at radius 3 is 1.78 bits per heavy atom. The van der Waals surface area contributed by atoms with Crippen molar-refractivity contribution in [3.63, 3.8) is 0 Å². The van der Waals surface area contributed by atoms with E-state index in [-0.39, 0.29) is 31.6 Å². The predicted molar refractivity (Wildman–Crippen MR) is 232 cm³/mol. The molecule has 0 heterocycles. The van der Waals surface area contributed by atoms with E-state index in [0.29, 0.717) is 12.8 Å². The summed E-state index contributed by atoms with van der Waals surface area (Å²) >= 11 is 6.59. The normalized spacial score (nSPS) is 18.5. The molecule has 2 aromatic carbocycles. The van der Waals surface area contributed by atoms with Gasteiger partial charge in [0.1, 0.15) is 12.2 Å². The summed E-state index contributed by atoms with van der Waals surface area (Å²) in [4.78, 5) is 45.2. The molecule has 0 aliphatic heterocycles. The molecule has 0 aromatic heterocycles. The van der Waals surface area contributed by atoms with E-state index in [1.165, 1.54) is 0 Å². The van der Waals surface area contributed by atoms with Crippen molar-refractivity contribution in [2.24, 2.45) is 0 Å². The lowest BCUT2D eigenvalue weighted by molar-refractivity contribution is -0.161. The molecule has 3 N–H and O–H groups in total. The first kappa shape index (κ1) is 47.1. The molecule has 6 atom stereocenters. The van der Waals surface area contributed by atoms with Gasteiger partial charge in [0, 0.05) is 12.8 Å². The Hall–Kier alpha value is -2.26. The summed E-state index contributed by atoms with van der Waals surface area (Å²) in [5.41, 5.74) is 8.21. The highest BCUT2D eigenvalue weighted by atomic mass is 79.9. The first-order valence-corrected chi connectivity index (χ1v) is 30.7. The van der Waals surface area contributed by atoms with Crippen LogP contribution in [-0.4, -0.2) is 86.4 Å². The van der Waals surface area contributed by atoms with Gasteiger partial charge in [0.25, 0.3) is 11.8 Å². The van der Waals surface area contributed by atoms with E-state index in [4.69, 9.17) is 22.8 Å². The maximum atomic E-state index is 14.8. The Kier molecular flexibility index (Phi) is 18.9. The number of ether oxygens (including phenoxy) is 2. The quantitative estimate of drug-likeness (QED) is 0.0871. The number of nitrogens with one attached hydrogen (secondary N) is 3. The van der Waals surface area contributed by atoms with Gasteiger partial charge in [0.05, 0.1) is 25.4 Å². The number of rotatable bonds is 21. The molecule has 3 rings (SSSR count). The number of fused-ring (bicyclic) bond motifs is 1. The van der Waals surface area contributed by atoms with Crippen molar-refractivity contribution in [3.05, 3.63) is 93.4 Å². The SMILES string of the molecule is C[Si](C)(C)O[C@H]([C@@H](O[Si](C)(C)C)[C@@H](OC/C=C/Br)C(=O)N[C@H]1c2ccccc2C[C@H]1O[Si](C)(C)C)[C@@H](OC/C=C/Br)C(=O)NNC(=O)CCc1ccccc1. The van der Waals surface area contributed by atoms with E-state index in [9.17, 15) is 14.4 Å². The lowest BCUT2D eigenvalue weighted by Crippen LogP contribution is -2.63. The van der Waals surface area contributed by atoms with E-state index < -0.39 is 67.2 Å². The van der Waals surface area contributed by atoms with Crippen molar-refractivity contribution in [2.45, 2.75) is 115 Å². The summed E-state index contributed by atoms with van der Waals surface area (Å²) in [5, 5.41) is 3.28. The molecule has 55 heavy (non-hydrogen) atoms. The molecule has 0 spiro atoms. The second-order valence-electron chi connectivity index (χ2n) is 16.3. The molecule has 0 fully saturated rings. The smallest absolute Gasteiger partial charge is 0.270 e. The first-order valence-electron chi connectivity index (χ1n) is 18.6. The second kappa shape index (κ2) is 22.0. The zero-order chi connectivity index (χ0) is 40.8. The molecule has 0 saturated heterocycles. The van der Waals surface area contributed by atoms with Crippen LogP contribution in [-0.2, 0) is 50.0 Å². The van der Waals surface area contributed by atoms with Crippen molar-refractivity contribution in [1.82, 2.24) is 16.2 Å². The van der Waals surface area contributed by atoms with Crippen LogP contribution < -0.4 is 16.2 Å². The highest BCUT2D eigenvalue weighted by Gasteiger charge is 2.48. The zero-order valence-corrected chi connectivity index (χ0v) is 39.7. The molecule has 11 nitrogen and oxygen atoms in total. The van der Waals surface area contributed by atoms with Crippen molar-refractivity contribution in [3.8, 4) is 0 Å².